The average Bonchev–Trinajstić information content (AvgIpc) is 3.07. The van der Waals surface area contributed by atoms with Crippen LogP contribution in [0.15, 0.2) is 0 Å². The van der Waals surface area contributed by atoms with Gasteiger partial charge in [-0.15, -0.1) is 0 Å². The minimum atomic E-state index is 0.424. The first kappa shape index (κ1) is 8.04. The molecule has 2 heterocycles. The van der Waals surface area contributed by atoms with Crippen molar-refractivity contribution in [1.82, 2.24) is 0 Å². The standard InChI is InChI=1S/C12H16O3/c1-6-7-2-9-12(15-9)11(7)10(6)8(1)14-4-5-3-13-5/h5-12H,1-4H2. The average molecular weight is 208 g/mol. The first-order valence-corrected chi connectivity index (χ1v) is 6.30. The fourth-order valence-corrected chi connectivity index (χ4v) is 4.40. The predicted molar refractivity (Wildman–Crippen MR) is 51.3 cm³/mol. The van der Waals surface area contributed by atoms with E-state index in [-0.39, 0.29) is 0 Å². The van der Waals surface area contributed by atoms with E-state index in [1.807, 2.05) is 0 Å². The lowest BCUT2D eigenvalue weighted by Crippen LogP contribution is -2.62. The van der Waals surface area contributed by atoms with Gasteiger partial charge in [0.15, 0.2) is 0 Å². The molecule has 8 unspecified atom stereocenters. The van der Waals surface area contributed by atoms with Crippen molar-refractivity contribution in [2.75, 3.05) is 13.2 Å². The topological polar surface area (TPSA) is 34.3 Å². The molecule has 5 aliphatic rings. The number of hydrogen-bond donors (Lipinski definition) is 0. The van der Waals surface area contributed by atoms with Crippen LogP contribution in [0.5, 0.6) is 0 Å². The van der Waals surface area contributed by atoms with Gasteiger partial charge in [0.05, 0.1) is 31.5 Å². The normalized spacial score (nSPS) is 67.2. The highest BCUT2D eigenvalue weighted by molar-refractivity contribution is 5.20. The third-order valence-corrected chi connectivity index (χ3v) is 5.32. The highest BCUT2D eigenvalue weighted by Gasteiger charge is 2.72. The number of rotatable bonds is 3. The molecule has 5 rings (SSSR count). The van der Waals surface area contributed by atoms with E-state index < -0.39 is 0 Å². The largest absolute Gasteiger partial charge is 0.375 e. The Morgan fingerprint density at radius 1 is 1.13 bits per heavy atom. The minimum Gasteiger partial charge on any atom is -0.375 e. The zero-order valence-corrected chi connectivity index (χ0v) is 8.67. The highest BCUT2D eigenvalue weighted by Crippen LogP contribution is 2.69. The molecule has 0 radical (unpaired) electrons. The van der Waals surface area contributed by atoms with Gasteiger partial charge in [-0.05, 0) is 36.5 Å². The first-order chi connectivity index (χ1) is 7.42. The Morgan fingerprint density at radius 3 is 2.87 bits per heavy atom. The van der Waals surface area contributed by atoms with Crippen molar-refractivity contribution in [3.05, 3.63) is 0 Å². The van der Waals surface area contributed by atoms with E-state index in [4.69, 9.17) is 14.2 Å². The van der Waals surface area contributed by atoms with Crippen LogP contribution in [0.25, 0.3) is 0 Å². The predicted octanol–water partition coefficient (Wildman–Crippen LogP) is 0.824. The van der Waals surface area contributed by atoms with Crippen LogP contribution < -0.4 is 0 Å². The van der Waals surface area contributed by atoms with Crippen LogP contribution in [0.2, 0.25) is 0 Å². The van der Waals surface area contributed by atoms with Crippen LogP contribution in [0.4, 0.5) is 0 Å². The molecule has 3 aliphatic carbocycles. The molecule has 3 heteroatoms. The molecule has 0 bridgehead atoms. The van der Waals surface area contributed by atoms with Gasteiger partial charge in [0.2, 0.25) is 0 Å². The molecule has 0 aromatic rings. The van der Waals surface area contributed by atoms with E-state index in [1.54, 1.807) is 0 Å². The van der Waals surface area contributed by atoms with Gasteiger partial charge in [0.25, 0.3) is 0 Å². The molecule has 0 aromatic heterocycles. The van der Waals surface area contributed by atoms with Gasteiger partial charge in [-0.3, -0.25) is 0 Å². The van der Waals surface area contributed by atoms with Crippen molar-refractivity contribution in [3.63, 3.8) is 0 Å². The second-order valence-electron chi connectivity index (χ2n) is 5.92. The van der Waals surface area contributed by atoms with Crippen molar-refractivity contribution in [3.8, 4) is 0 Å². The zero-order valence-electron chi connectivity index (χ0n) is 8.67. The maximum atomic E-state index is 5.93. The molecule has 5 fully saturated rings. The molecule has 8 atom stereocenters. The SMILES string of the molecule is C1OC1COC1CC2C3CC4OC4C3C12. The number of epoxide rings is 2. The summed E-state index contributed by atoms with van der Waals surface area (Å²) < 4.78 is 16.7. The molecule has 0 N–H and O–H groups in total. The Morgan fingerprint density at radius 2 is 2.00 bits per heavy atom. The molecule has 0 spiro atoms. The molecular formula is C12H16O3. The molecule has 15 heavy (non-hydrogen) atoms. The highest BCUT2D eigenvalue weighted by atomic mass is 16.6. The van der Waals surface area contributed by atoms with Gasteiger partial charge in [-0.1, -0.05) is 0 Å². The van der Waals surface area contributed by atoms with Crippen LogP contribution in [-0.2, 0) is 14.2 Å². The van der Waals surface area contributed by atoms with Crippen LogP contribution in [0.1, 0.15) is 12.8 Å². The summed E-state index contributed by atoms with van der Waals surface area (Å²) in [5, 5.41) is 0. The van der Waals surface area contributed by atoms with Gasteiger partial charge < -0.3 is 14.2 Å². The number of ether oxygens (including phenoxy) is 3. The molecular weight excluding hydrogens is 192 g/mol. The summed E-state index contributed by atoms with van der Waals surface area (Å²) in [6, 6.07) is 0. The van der Waals surface area contributed by atoms with E-state index in [9.17, 15) is 0 Å². The smallest absolute Gasteiger partial charge is 0.104 e. The van der Waals surface area contributed by atoms with Crippen molar-refractivity contribution >= 4 is 0 Å². The summed E-state index contributed by atoms with van der Waals surface area (Å²) in [6.45, 7) is 1.75. The number of hydrogen-bond acceptors (Lipinski definition) is 3. The quantitative estimate of drug-likeness (QED) is 0.644. The second-order valence-corrected chi connectivity index (χ2v) is 5.92. The van der Waals surface area contributed by atoms with E-state index >= 15 is 0 Å². The Bertz CT molecular complexity index is 314. The molecule has 3 saturated carbocycles. The van der Waals surface area contributed by atoms with E-state index in [0.29, 0.717) is 24.4 Å². The Labute approximate surface area is 89.1 Å². The third kappa shape index (κ3) is 0.931. The van der Waals surface area contributed by atoms with Crippen LogP contribution in [-0.4, -0.2) is 37.6 Å². The van der Waals surface area contributed by atoms with Crippen molar-refractivity contribution in [2.45, 2.75) is 37.3 Å². The lowest BCUT2D eigenvalue weighted by atomic mass is 9.46. The summed E-state index contributed by atoms with van der Waals surface area (Å²) in [5.74, 6) is 3.73. The minimum absolute atomic E-state index is 0.424. The van der Waals surface area contributed by atoms with Crippen LogP contribution >= 0.6 is 0 Å². The zero-order chi connectivity index (χ0) is 9.57. The van der Waals surface area contributed by atoms with Gasteiger partial charge in [-0.25, -0.2) is 0 Å². The second kappa shape index (κ2) is 2.41. The summed E-state index contributed by atoms with van der Waals surface area (Å²) in [4.78, 5) is 0. The van der Waals surface area contributed by atoms with Crippen LogP contribution in [0.3, 0.4) is 0 Å². The lowest BCUT2D eigenvalue weighted by Gasteiger charge is -2.61. The van der Waals surface area contributed by atoms with Gasteiger partial charge >= 0.3 is 0 Å². The van der Waals surface area contributed by atoms with E-state index in [0.717, 1.165) is 36.9 Å². The fraction of sp³-hybridized carbons (Fsp3) is 1.00. The van der Waals surface area contributed by atoms with Gasteiger partial charge in [0.1, 0.15) is 6.10 Å². The fourth-order valence-electron chi connectivity index (χ4n) is 4.40. The van der Waals surface area contributed by atoms with Gasteiger partial charge in [0, 0.05) is 0 Å². The van der Waals surface area contributed by atoms with E-state index in [2.05, 4.69) is 0 Å². The maximum Gasteiger partial charge on any atom is 0.104 e. The molecule has 0 aromatic carbocycles. The van der Waals surface area contributed by atoms with Crippen molar-refractivity contribution < 1.29 is 14.2 Å². The first-order valence-electron chi connectivity index (χ1n) is 6.30. The van der Waals surface area contributed by atoms with Crippen molar-refractivity contribution in [1.29, 1.82) is 0 Å². The summed E-state index contributed by atoms with van der Waals surface area (Å²) in [5.41, 5.74) is 0. The maximum absolute atomic E-state index is 5.93. The Hall–Kier alpha value is -0.120. The van der Waals surface area contributed by atoms with Gasteiger partial charge in [-0.2, -0.15) is 0 Å². The number of fused-ring (bicyclic) bond motifs is 6. The third-order valence-electron chi connectivity index (χ3n) is 5.32. The molecule has 3 nitrogen and oxygen atoms in total. The monoisotopic (exact) mass is 208 g/mol. The molecule has 82 valence electrons. The molecule has 0 amide bonds. The van der Waals surface area contributed by atoms with E-state index in [1.165, 1.54) is 12.8 Å². The summed E-state index contributed by atoms with van der Waals surface area (Å²) in [7, 11) is 0. The van der Waals surface area contributed by atoms with Crippen molar-refractivity contribution in [2.24, 2.45) is 23.7 Å². The Kier molecular flexibility index (Phi) is 1.29. The summed E-state index contributed by atoms with van der Waals surface area (Å²) in [6.07, 6.45) is 4.93. The lowest BCUT2D eigenvalue weighted by molar-refractivity contribution is -0.214. The van der Waals surface area contributed by atoms with Crippen LogP contribution in [0, 0.1) is 23.7 Å². The molecule has 2 saturated heterocycles. The summed E-state index contributed by atoms with van der Waals surface area (Å²) >= 11 is 0. The Balaban J connectivity index is 1.26. The molecule has 2 aliphatic heterocycles.